The molecule has 0 saturated carbocycles. The quantitative estimate of drug-likeness (QED) is 0.849. The summed E-state index contributed by atoms with van der Waals surface area (Å²) in [7, 11) is 0. The molecular weight excluding hydrogens is 322 g/mol. The van der Waals surface area contributed by atoms with E-state index in [2.05, 4.69) is 20.9 Å². The summed E-state index contributed by atoms with van der Waals surface area (Å²) >= 11 is 3.36. The van der Waals surface area contributed by atoms with Gasteiger partial charge in [-0.2, -0.15) is 0 Å². The van der Waals surface area contributed by atoms with Crippen LogP contribution in [0.5, 0.6) is 5.75 Å². The van der Waals surface area contributed by atoms with E-state index in [0.29, 0.717) is 5.75 Å². The van der Waals surface area contributed by atoms with Gasteiger partial charge in [-0.25, -0.2) is 4.79 Å². The van der Waals surface area contributed by atoms with Crippen LogP contribution in [0.15, 0.2) is 58.0 Å². The fourth-order valence-electron chi connectivity index (χ4n) is 1.53. The van der Waals surface area contributed by atoms with Crippen LogP contribution in [-0.4, -0.2) is 23.9 Å². The smallest absolute Gasteiger partial charge is 0.341 e. The zero-order valence-corrected chi connectivity index (χ0v) is 12.1. The third-order valence-corrected chi connectivity index (χ3v) is 2.98. The Labute approximate surface area is 124 Å². The number of hydrogen-bond acceptors (Lipinski definition) is 3. The Hall–Kier alpha value is -2.14. The molecule has 0 aliphatic carbocycles. The third-order valence-electron chi connectivity index (χ3n) is 2.45. The zero-order valence-electron chi connectivity index (χ0n) is 10.5. The van der Waals surface area contributed by atoms with Gasteiger partial charge in [0.2, 0.25) is 0 Å². The fraction of sp³-hybridized carbons (Fsp3) is 0.0667. The van der Waals surface area contributed by atoms with Crippen molar-refractivity contribution in [3.05, 3.63) is 58.6 Å². The van der Waals surface area contributed by atoms with E-state index < -0.39 is 5.97 Å². The summed E-state index contributed by atoms with van der Waals surface area (Å²) in [6.07, 6.45) is 1.65. The van der Waals surface area contributed by atoms with Crippen molar-refractivity contribution >= 4 is 33.8 Å². The number of halogens is 1. The number of carbonyl (C=O) groups is 1. The van der Waals surface area contributed by atoms with Crippen LogP contribution in [0.4, 0.5) is 5.69 Å². The first-order valence-corrected chi connectivity index (χ1v) is 6.68. The Morgan fingerprint density at radius 2 is 1.90 bits per heavy atom. The van der Waals surface area contributed by atoms with Gasteiger partial charge in [0.05, 0.1) is 5.69 Å². The molecule has 5 heteroatoms. The van der Waals surface area contributed by atoms with E-state index in [1.54, 1.807) is 18.3 Å². The molecule has 0 radical (unpaired) electrons. The molecule has 0 spiro atoms. The second-order valence-electron chi connectivity index (χ2n) is 3.95. The third kappa shape index (κ3) is 4.20. The molecule has 1 N–H and O–H groups in total. The number of ether oxygens (including phenoxy) is 1. The van der Waals surface area contributed by atoms with E-state index >= 15 is 0 Å². The lowest BCUT2D eigenvalue weighted by molar-refractivity contribution is -0.139. The second-order valence-corrected chi connectivity index (χ2v) is 4.87. The largest absolute Gasteiger partial charge is 0.481 e. The highest BCUT2D eigenvalue weighted by atomic mass is 79.9. The van der Waals surface area contributed by atoms with Crippen molar-refractivity contribution in [2.45, 2.75) is 0 Å². The minimum Gasteiger partial charge on any atom is -0.481 e. The van der Waals surface area contributed by atoms with Crippen LogP contribution in [0.3, 0.4) is 0 Å². The molecule has 0 fully saturated rings. The molecule has 0 aromatic heterocycles. The van der Waals surface area contributed by atoms with Crippen LogP contribution in [0.1, 0.15) is 5.56 Å². The van der Waals surface area contributed by atoms with E-state index in [4.69, 9.17) is 9.84 Å². The van der Waals surface area contributed by atoms with E-state index in [1.807, 2.05) is 36.4 Å². The standard InChI is InChI=1S/C15H12BrNO3/c16-12-5-7-13(8-6-12)17-9-11-3-1-2-4-14(11)20-10-15(18)19/h1-9H,10H2,(H,18,19)/b17-9+. The fourth-order valence-corrected chi connectivity index (χ4v) is 1.79. The number of nitrogens with zero attached hydrogens (tertiary/aromatic N) is 1. The van der Waals surface area contributed by atoms with Crippen molar-refractivity contribution in [3.8, 4) is 5.75 Å². The molecule has 0 aliphatic heterocycles. The predicted octanol–water partition coefficient (Wildman–Crippen LogP) is 3.66. The number of benzene rings is 2. The molecule has 0 saturated heterocycles. The molecule has 0 amide bonds. The maximum absolute atomic E-state index is 10.5. The average molecular weight is 334 g/mol. The van der Waals surface area contributed by atoms with Gasteiger partial charge in [-0.3, -0.25) is 4.99 Å². The van der Waals surface area contributed by atoms with Crippen molar-refractivity contribution in [3.63, 3.8) is 0 Å². The number of hydrogen-bond donors (Lipinski definition) is 1. The molecule has 2 aromatic carbocycles. The number of aliphatic imine (C=N–C) groups is 1. The van der Waals surface area contributed by atoms with Gasteiger partial charge in [-0.1, -0.05) is 28.1 Å². The van der Waals surface area contributed by atoms with Crippen LogP contribution in [0.2, 0.25) is 0 Å². The van der Waals surface area contributed by atoms with E-state index in [9.17, 15) is 4.79 Å². The summed E-state index contributed by atoms with van der Waals surface area (Å²) in [5.41, 5.74) is 1.54. The van der Waals surface area contributed by atoms with Crippen molar-refractivity contribution in [2.75, 3.05) is 6.61 Å². The van der Waals surface area contributed by atoms with Gasteiger partial charge in [-0.15, -0.1) is 0 Å². The molecular formula is C15H12BrNO3. The van der Waals surface area contributed by atoms with E-state index in [1.165, 1.54) is 0 Å². The monoisotopic (exact) mass is 333 g/mol. The minimum absolute atomic E-state index is 0.372. The van der Waals surface area contributed by atoms with Crippen LogP contribution in [0, 0.1) is 0 Å². The molecule has 20 heavy (non-hydrogen) atoms. The summed E-state index contributed by atoms with van der Waals surface area (Å²) in [6.45, 7) is -0.372. The van der Waals surface area contributed by atoms with Crippen LogP contribution >= 0.6 is 15.9 Å². The molecule has 0 heterocycles. The summed E-state index contributed by atoms with van der Waals surface area (Å²) in [4.78, 5) is 14.9. The first-order valence-electron chi connectivity index (χ1n) is 5.88. The molecule has 0 unspecified atom stereocenters. The second kappa shape index (κ2) is 6.86. The molecule has 2 aromatic rings. The topological polar surface area (TPSA) is 58.9 Å². The van der Waals surface area contributed by atoms with Crippen molar-refractivity contribution in [2.24, 2.45) is 4.99 Å². The van der Waals surface area contributed by atoms with Crippen LogP contribution in [-0.2, 0) is 4.79 Å². The normalized spacial score (nSPS) is 10.7. The highest BCUT2D eigenvalue weighted by molar-refractivity contribution is 9.10. The number of para-hydroxylation sites is 1. The Morgan fingerprint density at radius 1 is 1.20 bits per heavy atom. The first-order chi connectivity index (χ1) is 9.65. The molecule has 0 bridgehead atoms. The minimum atomic E-state index is -1.01. The van der Waals surface area contributed by atoms with Gasteiger partial charge < -0.3 is 9.84 Å². The molecule has 102 valence electrons. The Kier molecular flexibility index (Phi) is 4.90. The first kappa shape index (κ1) is 14.3. The van der Waals surface area contributed by atoms with Crippen LogP contribution < -0.4 is 4.74 Å². The number of carboxylic acid groups (broad SMARTS) is 1. The zero-order chi connectivity index (χ0) is 14.4. The number of carboxylic acids is 1. The van der Waals surface area contributed by atoms with Gasteiger partial charge in [0, 0.05) is 16.3 Å². The SMILES string of the molecule is O=C(O)COc1ccccc1/C=N/c1ccc(Br)cc1. The summed E-state index contributed by atoms with van der Waals surface area (Å²) < 4.78 is 6.20. The predicted molar refractivity (Wildman–Crippen MR) is 81.0 cm³/mol. The summed E-state index contributed by atoms with van der Waals surface area (Å²) in [5, 5.41) is 8.64. The van der Waals surface area contributed by atoms with Crippen molar-refractivity contribution < 1.29 is 14.6 Å². The average Bonchev–Trinajstić information content (AvgIpc) is 2.45. The number of rotatable bonds is 5. The van der Waals surface area contributed by atoms with E-state index in [-0.39, 0.29) is 6.61 Å². The maximum Gasteiger partial charge on any atom is 0.341 e. The van der Waals surface area contributed by atoms with Gasteiger partial charge in [0.15, 0.2) is 6.61 Å². The van der Waals surface area contributed by atoms with Gasteiger partial charge in [-0.05, 0) is 36.4 Å². The lowest BCUT2D eigenvalue weighted by Gasteiger charge is -2.06. The Bertz CT molecular complexity index is 623. The summed E-state index contributed by atoms with van der Waals surface area (Å²) in [6, 6.07) is 14.7. The number of aliphatic carboxylic acids is 1. The molecule has 4 nitrogen and oxygen atoms in total. The molecule has 0 atom stereocenters. The van der Waals surface area contributed by atoms with Crippen molar-refractivity contribution in [1.29, 1.82) is 0 Å². The maximum atomic E-state index is 10.5. The van der Waals surface area contributed by atoms with Crippen LogP contribution in [0.25, 0.3) is 0 Å². The van der Waals surface area contributed by atoms with Gasteiger partial charge in [0.25, 0.3) is 0 Å². The Morgan fingerprint density at radius 3 is 2.60 bits per heavy atom. The lowest BCUT2D eigenvalue weighted by Crippen LogP contribution is -2.10. The van der Waals surface area contributed by atoms with Crippen molar-refractivity contribution in [1.82, 2.24) is 0 Å². The Balaban J connectivity index is 2.16. The molecule has 0 aliphatic rings. The lowest BCUT2D eigenvalue weighted by atomic mass is 10.2. The van der Waals surface area contributed by atoms with E-state index in [0.717, 1.165) is 15.7 Å². The highest BCUT2D eigenvalue weighted by Crippen LogP contribution is 2.19. The van der Waals surface area contributed by atoms with Gasteiger partial charge in [0.1, 0.15) is 5.75 Å². The van der Waals surface area contributed by atoms with Gasteiger partial charge >= 0.3 is 5.97 Å². The molecule has 2 rings (SSSR count). The summed E-state index contributed by atoms with van der Waals surface area (Å²) in [5.74, 6) is -0.514. The highest BCUT2D eigenvalue weighted by Gasteiger charge is 2.03.